The van der Waals surface area contributed by atoms with Crippen LogP contribution in [0.5, 0.6) is 5.75 Å². The third kappa shape index (κ3) is 3.89. The van der Waals surface area contributed by atoms with E-state index in [9.17, 15) is 4.79 Å². The van der Waals surface area contributed by atoms with Gasteiger partial charge in [-0.3, -0.25) is 9.78 Å². The summed E-state index contributed by atoms with van der Waals surface area (Å²) in [5.74, 6) is 1.13. The number of ether oxygens (including phenoxy) is 1. The van der Waals surface area contributed by atoms with E-state index in [0.29, 0.717) is 6.61 Å². The first-order valence-electron chi connectivity index (χ1n) is 8.08. The van der Waals surface area contributed by atoms with Gasteiger partial charge in [0.25, 0.3) is 0 Å². The van der Waals surface area contributed by atoms with Gasteiger partial charge in [-0.15, -0.1) is 0 Å². The number of carbonyl (C=O) groups excluding carboxylic acids is 1. The number of rotatable bonds is 4. The zero-order valence-corrected chi connectivity index (χ0v) is 13.4. The first-order chi connectivity index (χ1) is 11.2. The van der Waals surface area contributed by atoms with Crippen LogP contribution < -0.4 is 4.74 Å². The molecule has 1 aliphatic rings. The zero-order chi connectivity index (χ0) is 16.1. The van der Waals surface area contributed by atoms with Crippen molar-refractivity contribution < 1.29 is 9.53 Å². The summed E-state index contributed by atoms with van der Waals surface area (Å²) in [6.07, 6.45) is 5.96. The van der Waals surface area contributed by atoms with Gasteiger partial charge in [0.2, 0.25) is 5.91 Å². The number of pyridine rings is 1. The number of carbonyl (C=O) groups is 1. The Morgan fingerprint density at radius 1 is 1.26 bits per heavy atom. The van der Waals surface area contributed by atoms with Crippen LogP contribution in [0.3, 0.4) is 0 Å². The molecule has 1 aliphatic heterocycles. The number of benzene rings is 1. The largest absolute Gasteiger partial charge is 0.493 e. The maximum absolute atomic E-state index is 12.7. The molecule has 1 atom stereocenters. The number of hydrogen-bond donors (Lipinski definition) is 0. The highest BCUT2D eigenvalue weighted by Gasteiger charge is 2.25. The minimum atomic E-state index is 0.00101. The summed E-state index contributed by atoms with van der Waals surface area (Å²) in [4.78, 5) is 18.6. The minimum absolute atomic E-state index is 0.00101. The highest BCUT2D eigenvalue weighted by molar-refractivity contribution is 5.79. The lowest BCUT2D eigenvalue weighted by molar-refractivity contribution is -0.134. The number of nitrogens with zero attached hydrogens (tertiary/aromatic N) is 2. The fourth-order valence-corrected chi connectivity index (χ4v) is 2.97. The van der Waals surface area contributed by atoms with Gasteiger partial charge in [-0.05, 0) is 48.6 Å². The Bertz CT molecular complexity index is 657. The van der Waals surface area contributed by atoms with Gasteiger partial charge in [-0.25, -0.2) is 0 Å². The van der Waals surface area contributed by atoms with Crippen LogP contribution in [0.2, 0.25) is 0 Å². The van der Waals surface area contributed by atoms with Crippen molar-refractivity contribution in [2.75, 3.05) is 20.2 Å². The summed E-state index contributed by atoms with van der Waals surface area (Å²) < 4.78 is 5.76. The summed E-state index contributed by atoms with van der Waals surface area (Å²) >= 11 is 0. The molecular weight excluding hydrogens is 288 g/mol. The van der Waals surface area contributed by atoms with Gasteiger partial charge < -0.3 is 9.64 Å². The lowest BCUT2D eigenvalue weighted by Gasteiger charge is -2.22. The monoisotopic (exact) mass is 310 g/mol. The van der Waals surface area contributed by atoms with E-state index in [1.165, 1.54) is 5.56 Å². The second-order valence-electron chi connectivity index (χ2n) is 6.01. The molecule has 1 aromatic heterocycles. The number of aromatic nitrogens is 1. The van der Waals surface area contributed by atoms with Gasteiger partial charge in [0.15, 0.2) is 0 Å². The van der Waals surface area contributed by atoms with Crippen LogP contribution >= 0.6 is 0 Å². The van der Waals surface area contributed by atoms with E-state index in [0.717, 1.165) is 37.1 Å². The standard InChI is InChI=1S/C19H22N2O2/c1-21(12-8-15-6-10-20-11-7-15)19(22)17-9-13-23-18-5-3-2-4-16(18)14-17/h2-7,10-11,17H,8-9,12-14H2,1H3/t17-/m1/s1. The van der Waals surface area contributed by atoms with Crippen molar-refractivity contribution in [2.24, 2.45) is 5.92 Å². The molecule has 120 valence electrons. The third-order valence-electron chi connectivity index (χ3n) is 4.37. The average molecular weight is 310 g/mol. The van der Waals surface area contributed by atoms with Gasteiger partial charge in [0, 0.05) is 31.9 Å². The second kappa shape index (κ2) is 7.27. The molecular formula is C19H22N2O2. The molecule has 0 spiro atoms. The molecule has 4 heteroatoms. The van der Waals surface area contributed by atoms with E-state index < -0.39 is 0 Å². The Morgan fingerprint density at radius 2 is 2.04 bits per heavy atom. The first-order valence-corrected chi connectivity index (χ1v) is 8.08. The Balaban J connectivity index is 1.61. The lowest BCUT2D eigenvalue weighted by atomic mass is 9.95. The van der Waals surface area contributed by atoms with Gasteiger partial charge in [0.05, 0.1) is 6.61 Å². The highest BCUT2D eigenvalue weighted by atomic mass is 16.5. The average Bonchev–Trinajstić information content (AvgIpc) is 2.82. The number of likely N-dealkylation sites (N-methyl/N-ethyl adjacent to an activating group) is 1. The maximum atomic E-state index is 12.7. The molecule has 1 amide bonds. The van der Waals surface area contributed by atoms with Gasteiger partial charge in [-0.2, -0.15) is 0 Å². The first kappa shape index (κ1) is 15.5. The van der Waals surface area contributed by atoms with Crippen molar-refractivity contribution in [3.05, 3.63) is 59.9 Å². The molecule has 23 heavy (non-hydrogen) atoms. The molecule has 1 aromatic carbocycles. The van der Waals surface area contributed by atoms with E-state index in [4.69, 9.17) is 4.74 Å². The van der Waals surface area contributed by atoms with E-state index >= 15 is 0 Å². The van der Waals surface area contributed by atoms with Crippen LogP contribution in [0.4, 0.5) is 0 Å². The van der Waals surface area contributed by atoms with Crippen molar-refractivity contribution in [3.8, 4) is 5.75 Å². The normalized spacial score (nSPS) is 16.8. The summed E-state index contributed by atoms with van der Waals surface area (Å²) in [5, 5.41) is 0. The van der Waals surface area contributed by atoms with Gasteiger partial charge in [0.1, 0.15) is 5.75 Å². The highest BCUT2D eigenvalue weighted by Crippen LogP contribution is 2.27. The molecule has 0 radical (unpaired) electrons. The molecule has 0 aliphatic carbocycles. The number of hydrogen-bond acceptors (Lipinski definition) is 3. The predicted octanol–water partition coefficient (Wildman–Crippen LogP) is 2.72. The topological polar surface area (TPSA) is 42.4 Å². The van der Waals surface area contributed by atoms with E-state index in [1.54, 1.807) is 12.4 Å². The quantitative estimate of drug-likeness (QED) is 0.872. The van der Waals surface area contributed by atoms with Crippen molar-refractivity contribution in [1.82, 2.24) is 9.88 Å². The van der Waals surface area contributed by atoms with Gasteiger partial charge >= 0.3 is 0 Å². The van der Waals surface area contributed by atoms with Gasteiger partial charge in [-0.1, -0.05) is 18.2 Å². The van der Waals surface area contributed by atoms with Crippen LogP contribution in [0.25, 0.3) is 0 Å². The Morgan fingerprint density at radius 3 is 2.87 bits per heavy atom. The molecule has 2 aromatic rings. The molecule has 0 saturated carbocycles. The number of fused-ring (bicyclic) bond motifs is 1. The van der Waals surface area contributed by atoms with Crippen LogP contribution in [0, 0.1) is 5.92 Å². The molecule has 4 nitrogen and oxygen atoms in total. The fourth-order valence-electron chi connectivity index (χ4n) is 2.97. The van der Waals surface area contributed by atoms with Crippen molar-refractivity contribution in [1.29, 1.82) is 0 Å². The minimum Gasteiger partial charge on any atom is -0.493 e. The second-order valence-corrected chi connectivity index (χ2v) is 6.01. The molecule has 0 unspecified atom stereocenters. The lowest BCUT2D eigenvalue weighted by Crippen LogP contribution is -2.35. The maximum Gasteiger partial charge on any atom is 0.225 e. The van der Waals surface area contributed by atoms with E-state index in [-0.39, 0.29) is 11.8 Å². The number of para-hydroxylation sites is 1. The summed E-state index contributed by atoms with van der Waals surface area (Å²) in [6.45, 7) is 1.33. The fraction of sp³-hybridized carbons (Fsp3) is 0.368. The molecule has 3 rings (SSSR count). The van der Waals surface area contributed by atoms with Crippen molar-refractivity contribution in [3.63, 3.8) is 0 Å². The van der Waals surface area contributed by atoms with Crippen LogP contribution in [0.15, 0.2) is 48.8 Å². The molecule has 0 saturated heterocycles. The predicted molar refractivity (Wildman–Crippen MR) is 89.3 cm³/mol. The van der Waals surface area contributed by atoms with Crippen LogP contribution in [-0.2, 0) is 17.6 Å². The zero-order valence-electron chi connectivity index (χ0n) is 13.4. The summed E-state index contributed by atoms with van der Waals surface area (Å²) in [6, 6.07) is 12.0. The van der Waals surface area contributed by atoms with Crippen LogP contribution in [0.1, 0.15) is 17.5 Å². The van der Waals surface area contributed by atoms with Crippen molar-refractivity contribution in [2.45, 2.75) is 19.3 Å². The third-order valence-corrected chi connectivity index (χ3v) is 4.37. The summed E-state index contributed by atoms with van der Waals surface area (Å²) in [7, 11) is 1.89. The molecule has 0 bridgehead atoms. The van der Waals surface area contributed by atoms with Crippen LogP contribution in [-0.4, -0.2) is 36.0 Å². The van der Waals surface area contributed by atoms with E-state index in [1.807, 2.05) is 42.3 Å². The van der Waals surface area contributed by atoms with Crippen molar-refractivity contribution >= 4 is 5.91 Å². The molecule has 0 fully saturated rings. The Hall–Kier alpha value is -2.36. The SMILES string of the molecule is CN(CCc1ccncc1)C(=O)[C@@H]1CCOc2ccccc2C1. The number of amides is 1. The smallest absolute Gasteiger partial charge is 0.225 e. The molecule has 0 N–H and O–H groups in total. The molecule has 2 heterocycles. The summed E-state index contributed by atoms with van der Waals surface area (Å²) in [5.41, 5.74) is 2.33. The van der Waals surface area contributed by atoms with E-state index in [2.05, 4.69) is 11.1 Å². The Labute approximate surface area is 137 Å². The Kier molecular flexibility index (Phi) is 4.91.